The van der Waals surface area contributed by atoms with Gasteiger partial charge in [0.2, 0.25) is 5.88 Å². The molecule has 46 heavy (non-hydrogen) atoms. The maximum atomic E-state index is 12.2. The molecule has 1 saturated heterocycles. The fourth-order valence-corrected chi connectivity index (χ4v) is 4.95. The molecule has 0 spiro atoms. The molecule has 1 aliphatic heterocycles. The first kappa shape index (κ1) is 32.3. The average Bonchev–Trinajstić information content (AvgIpc) is 3.66. The van der Waals surface area contributed by atoms with Gasteiger partial charge in [-0.15, -0.1) is 5.10 Å². The summed E-state index contributed by atoms with van der Waals surface area (Å²) in [7, 11) is 0. The number of hydrogen-bond donors (Lipinski definition) is 0. The van der Waals surface area contributed by atoms with Crippen LogP contribution >= 0.6 is 11.6 Å². The van der Waals surface area contributed by atoms with Crippen LogP contribution in [-0.2, 0) is 49.5 Å². The van der Waals surface area contributed by atoms with Crippen LogP contribution in [0.2, 0.25) is 5.02 Å². The van der Waals surface area contributed by atoms with Gasteiger partial charge in [-0.3, -0.25) is 19.2 Å². The Hall–Kier alpha value is -5.09. The van der Waals surface area contributed by atoms with Crippen molar-refractivity contribution in [3.8, 4) is 17.1 Å². The molecule has 0 radical (unpaired) electrons. The molecule has 1 fully saturated rings. The van der Waals surface area contributed by atoms with Crippen molar-refractivity contribution in [1.29, 1.82) is 0 Å². The third kappa shape index (κ3) is 7.58. The monoisotopic (exact) mass is 656 g/mol. The second-order valence-corrected chi connectivity index (χ2v) is 10.6. The summed E-state index contributed by atoms with van der Waals surface area (Å²) in [5.41, 5.74) is 2.31. The average molecular weight is 657 g/mol. The lowest BCUT2D eigenvalue weighted by atomic mass is 9.97. The van der Waals surface area contributed by atoms with Gasteiger partial charge in [0.15, 0.2) is 30.2 Å². The smallest absolute Gasteiger partial charge is 0.303 e. The molecular formula is C29H29ClN6O10. The Morgan fingerprint density at radius 2 is 1.57 bits per heavy atom. The Labute approximate surface area is 266 Å². The third-order valence-corrected chi connectivity index (χ3v) is 6.87. The summed E-state index contributed by atoms with van der Waals surface area (Å²) >= 11 is 6.04. The van der Waals surface area contributed by atoms with E-state index in [9.17, 15) is 19.2 Å². The van der Waals surface area contributed by atoms with E-state index in [0.717, 1.165) is 26.3 Å². The Balaban J connectivity index is 1.43. The maximum absolute atomic E-state index is 12.2. The van der Waals surface area contributed by atoms with Gasteiger partial charge in [0, 0.05) is 50.4 Å². The number of rotatable bonds is 10. The largest absolute Gasteiger partial charge is 0.471 e. The van der Waals surface area contributed by atoms with E-state index in [-0.39, 0.29) is 13.2 Å². The summed E-state index contributed by atoms with van der Waals surface area (Å²) in [5, 5.41) is 13.2. The van der Waals surface area contributed by atoms with Gasteiger partial charge in [0.25, 0.3) is 0 Å². The van der Waals surface area contributed by atoms with Crippen LogP contribution in [0.25, 0.3) is 16.9 Å². The quantitative estimate of drug-likeness (QED) is 0.179. The van der Waals surface area contributed by atoms with E-state index in [1.807, 2.05) is 12.1 Å². The number of carbonyl (C=O) groups is 4. The SMILES string of the molecule is CC(=O)OC[C@H]1O[C@@H](n2cc(COc3cc(-c4ccc(Cl)cc4)nc4ccnn34)nn2)[C@H](OC(C)=O)[C@@H](OC(C)=O)[C@@H]1OC(C)=O. The summed E-state index contributed by atoms with van der Waals surface area (Å²) < 4.78 is 36.5. The molecule has 242 valence electrons. The van der Waals surface area contributed by atoms with E-state index in [0.29, 0.717) is 27.9 Å². The molecule has 4 heterocycles. The fourth-order valence-electron chi connectivity index (χ4n) is 4.83. The molecule has 4 aromatic rings. The summed E-state index contributed by atoms with van der Waals surface area (Å²) in [5.74, 6) is -2.49. The standard InChI is InChI=1S/C29H29ClN6O10/c1-15(37)41-14-23-26(43-16(2)38)27(44-17(3)39)28(45-18(4)40)29(46-23)35-12-21(33-34-35)13-42-25-11-22(19-5-7-20(30)8-6-19)32-24-9-10-31-36(24)25/h5-12,23,26-29H,13-14H2,1-4H3/t23-,26-,27+,28-,29-/m1/s1. The molecule has 0 N–H and O–H groups in total. The molecule has 0 amide bonds. The Morgan fingerprint density at radius 3 is 2.24 bits per heavy atom. The highest BCUT2D eigenvalue weighted by Crippen LogP contribution is 2.34. The van der Waals surface area contributed by atoms with Crippen LogP contribution < -0.4 is 4.74 Å². The Morgan fingerprint density at radius 1 is 0.891 bits per heavy atom. The van der Waals surface area contributed by atoms with Gasteiger partial charge in [-0.25, -0.2) is 9.67 Å². The minimum atomic E-state index is -1.36. The molecule has 5 rings (SSSR count). The molecule has 0 saturated carbocycles. The van der Waals surface area contributed by atoms with Crippen LogP contribution in [0, 0.1) is 0 Å². The predicted octanol–water partition coefficient (Wildman–Crippen LogP) is 2.48. The molecule has 1 aromatic carbocycles. The van der Waals surface area contributed by atoms with Gasteiger partial charge in [0.05, 0.1) is 18.1 Å². The topological polar surface area (TPSA) is 185 Å². The third-order valence-electron chi connectivity index (χ3n) is 6.62. The zero-order valence-corrected chi connectivity index (χ0v) is 25.8. The van der Waals surface area contributed by atoms with Gasteiger partial charge < -0.3 is 28.4 Å². The van der Waals surface area contributed by atoms with Gasteiger partial charge >= 0.3 is 23.9 Å². The highest BCUT2D eigenvalue weighted by atomic mass is 35.5. The van der Waals surface area contributed by atoms with Gasteiger partial charge in [-0.2, -0.15) is 9.61 Å². The van der Waals surface area contributed by atoms with Crippen LogP contribution in [0.15, 0.2) is 48.8 Å². The minimum absolute atomic E-state index is 0.0791. The predicted molar refractivity (Wildman–Crippen MR) is 155 cm³/mol. The molecule has 3 aromatic heterocycles. The van der Waals surface area contributed by atoms with Crippen molar-refractivity contribution in [3.05, 3.63) is 59.5 Å². The second-order valence-electron chi connectivity index (χ2n) is 10.2. The molecular weight excluding hydrogens is 628 g/mol. The lowest BCUT2D eigenvalue weighted by Gasteiger charge is -2.44. The van der Waals surface area contributed by atoms with Gasteiger partial charge in [0.1, 0.15) is 25.0 Å². The summed E-state index contributed by atoms with van der Waals surface area (Å²) in [6, 6.07) is 10.6. The van der Waals surface area contributed by atoms with Crippen LogP contribution in [0.5, 0.6) is 5.88 Å². The molecule has 16 nitrogen and oxygen atoms in total. The molecule has 5 atom stereocenters. The van der Waals surface area contributed by atoms with E-state index in [2.05, 4.69) is 20.4 Å². The number of halogens is 1. The van der Waals surface area contributed by atoms with Crippen LogP contribution in [0.4, 0.5) is 0 Å². The van der Waals surface area contributed by atoms with Crippen molar-refractivity contribution in [2.45, 2.75) is 64.9 Å². The zero-order valence-electron chi connectivity index (χ0n) is 25.1. The molecule has 17 heteroatoms. The summed E-state index contributed by atoms with van der Waals surface area (Å²) in [6.45, 7) is 4.16. The summed E-state index contributed by atoms with van der Waals surface area (Å²) in [4.78, 5) is 52.5. The first-order valence-corrected chi connectivity index (χ1v) is 14.3. The highest BCUT2D eigenvalue weighted by molar-refractivity contribution is 6.30. The second kappa shape index (κ2) is 13.9. The van der Waals surface area contributed by atoms with Crippen molar-refractivity contribution in [1.82, 2.24) is 29.6 Å². The van der Waals surface area contributed by atoms with Crippen molar-refractivity contribution in [2.75, 3.05) is 6.61 Å². The zero-order chi connectivity index (χ0) is 33.0. The van der Waals surface area contributed by atoms with E-state index >= 15 is 0 Å². The molecule has 1 aliphatic rings. The minimum Gasteiger partial charge on any atom is -0.471 e. The Kier molecular flexibility index (Phi) is 9.77. The number of hydrogen-bond acceptors (Lipinski definition) is 14. The number of nitrogens with zero attached hydrogens (tertiary/aromatic N) is 6. The Bertz CT molecular complexity index is 1740. The number of benzene rings is 1. The number of esters is 4. The van der Waals surface area contributed by atoms with Crippen LogP contribution in [0.1, 0.15) is 39.6 Å². The van der Waals surface area contributed by atoms with Crippen molar-refractivity contribution in [3.63, 3.8) is 0 Å². The number of carbonyl (C=O) groups excluding carboxylic acids is 4. The molecule has 0 bridgehead atoms. The van der Waals surface area contributed by atoms with E-state index in [1.165, 1.54) is 22.3 Å². The van der Waals surface area contributed by atoms with Crippen molar-refractivity contribution in [2.24, 2.45) is 0 Å². The maximum Gasteiger partial charge on any atom is 0.303 e. The number of ether oxygens (including phenoxy) is 6. The molecule has 0 unspecified atom stereocenters. The lowest BCUT2D eigenvalue weighted by Crippen LogP contribution is -2.60. The van der Waals surface area contributed by atoms with E-state index in [1.54, 1.807) is 30.5 Å². The first-order chi connectivity index (χ1) is 22.0. The summed E-state index contributed by atoms with van der Waals surface area (Å²) in [6.07, 6.45) is -3.34. The first-order valence-electron chi connectivity index (χ1n) is 13.9. The fraction of sp³-hybridized carbons (Fsp3) is 0.379. The number of aromatic nitrogens is 6. The molecule has 0 aliphatic carbocycles. The van der Waals surface area contributed by atoms with Gasteiger partial charge in [-0.1, -0.05) is 28.9 Å². The lowest BCUT2D eigenvalue weighted by molar-refractivity contribution is -0.270. The van der Waals surface area contributed by atoms with Crippen LogP contribution in [0.3, 0.4) is 0 Å². The van der Waals surface area contributed by atoms with Gasteiger partial charge in [-0.05, 0) is 12.1 Å². The number of fused-ring (bicyclic) bond motifs is 1. The van der Waals surface area contributed by atoms with Crippen molar-refractivity contribution >= 4 is 41.1 Å². The van der Waals surface area contributed by atoms with E-state index < -0.39 is 54.5 Å². The highest BCUT2D eigenvalue weighted by Gasteiger charge is 2.53. The normalized spacial score (nSPS) is 20.9. The van der Waals surface area contributed by atoms with E-state index in [4.69, 9.17) is 40.0 Å². The van der Waals surface area contributed by atoms with Crippen molar-refractivity contribution < 1.29 is 47.6 Å². The van der Waals surface area contributed by atoms with Crippen LogP contribution in [-0.4, -0.2) is 84.5 Å².